The molecule has 28 heavy (non-hydrogen) atoms. The fourth-order valence-electron chi connectivity index (χ4n) is 3.07. The first-order chi connectivity index (χ1) is 12.9. The summed E-state index contributed by atoms with van der Waals surface area (Å²) in [5.41, 5.74) is 3.91. The number of imidazole rings is 1. The summed E-state index contributed by atoms with van der Waals surface area (Å²) in [6.07, 6.45) is 0. The van der Waals surface area contributed by atoms with Crippen molar-refractivity contribution in [2.75, 3.05) is 7.11 Å². The van der Waals surface area contributed by atoms with E-state index in [1.165, 1.54) is 0 Å². The van der Waals surface area contributed by atoms with Gasteiger partial charge in [-0.3, -0.25) is 9.13 Å². The molecule has 0 atom stereocenters. The fraction of sp³-hybridized carbons (Fsp3) is 0.381. The summed E-state index contributed by atoms with van der Waals surface area (Å²) in [6, 6.07) is 12.3. The van der Waals surface area contributed by atoms with E-state index in [9.17, 15) is 4.79 Å². The number of nitrogens with one attached hydrogen (secondary N) is 1. The normalized spacial score (nSPS) is 10.9. The molecule has 1 heterocycles. The SMILES string of the molecule is COc1cc(CNC(C)C)ccc1OCc1ccc2c(c1)n(C)c(=O)n2C.Cl. The number of aromatic nitrogens is 2. The van der Waals surface area contributed by atoms with Gasteiger partial charge in [-0.1, -0.05) is 26.0 Å². The van der Waals surface area contributed by atoms with Gasteiger partial charge in [0.25, 0.3) is 0 Å². The third-order valence-electron chi connectivity index (χ3n) is 4.67. The van der Waals surface area contributed by atoms with Crippen molar-refractivity contribution >= 4 is 23.4 Å². The van der Waals surface area contributed by atoms with E-state index >= 15 is 0 Å². The largest absolute Gasteiger partial charge is 0.493 e. The molecule has 0 aliphatic rings. The van der Waals surface area contributed by atoms with E-state index in [0.717, 1.165) is 28.7 Å². The van der Waals surface area contributed by atoms with Crippen LogP contribution in [-0.2, 0) is 27.2 Å². The van der Waals surface area contributed by atoms with Crippen molar-refractivity contribution in [3.63, 3.8) is 0 Å². The van der Waals surface area contributed by atoms with Gasteiger partial charge in [-0.15, -0.1) is 12.4 Å². The molecule has 0 spiro atoms. The van der Waals surface area contributed by atoms with Crippen molar-refractivity contribution in [3.05, 3.63) is 58.0 Å². The summed E-state index contributed by atoms with van der Waals surface area (Å²) < 4.78 is 14.8. The molecule has 0 aliphatic carbocycles. The average Bonchev–Trinajstić information content (AvgIpc) is 2.88. The Morgan fingerprint density at radius 2 is 1.64 bits per heavy atom. The highest BCUT2D eigenvalue weighted by Gasteiger charge is 2.10. The maximum atomic E-state index is 12.1. The van der Waals surface area contributed by atoms with Crippen molar-refractivity contribution < 1.29 is 9.47 Å². The van der Waals surface area contributed by atoms with E-state index in [-0.39, 0.29) is 18.1 Å². The zero-order chi connectivity index (χ0) is 19.6. The monoisotopic (exact) mass is 405 g/mol. The van der Waals surface area contributed by atoms with E-state index < -0.39 is 0 Å². The Morgan fingerprint density at radius 1 is 0.964 bits per heavy atom. The third kappa shape index (κ3) is 4.51. The minimum absolute atomic E-state index is 0. The number of fused-ring (bicyclic) bond motifs is 1. The molecule has 152 valence electrons. The number of benzene rings is 2. The van der Waals surface area contributed by atoms with Gasteiger partial charge in [0.1, 0.15) is 6.61 Å². The molecule has 0 amide bonds. The number of rotatable bonds is 7. The molecular formula is C21H28ClN3O3. The highest BCUT2D eigenvalue weighted by atomic mass is 35.5. The number of nitrogens with zero attached hydrogens (tertiary/aromatic N) is 2. The number of halogens is 1. The lowest BCUT2D eigenvalue weighted by molar-refractivity contribution is 0.284. The topological polar surface area (TPSA) is 57.4 Å². The zero-order valence-electron chi connectivity index (χ0n) is 17.0. The van der Waals surface area contributed by atoms with Gasteiger partial charge in [0.15, 0.2) is 11.5 Å². The summed E-state index contributed by atoms with van der Waals surface area (Å²) in [7, 11) is 5.21. The van der Waals surface area contributed by atoms with Crippen LogP contribution in [0.3, 0.4) is 0 Å². The van der Waals surface area contributed by atoms with Gasteiger partial charge in [0, 0.05) is 26.7 Å². The standard InChI is InChI=1S/C21H27N3O3.ClH/c1-14(2)22-12-15-7-9-19(20(11-15)26-5)27-13-16-6-8-17-18(10-16)24(4)21(25)23(17)3;/h6-11,14,22H,12-13H2,1-5H3;1H. The molecule has 6 nitrogen and oxygen atoms in total. The molecule has 1 aromatic heterocycles. The average molecular weight is 406 g/mol. The number of aryl methyl sites for hydroxylation is 2. The molecule has 7 heteroatoms. The second kappa shape index (κ2) is 9.17. The molecule has 0 bridgehead atoms. The Bertz CT molecular complexity index is 1010. The molecule has 0 radical (unpaired) electrons. The highest BCUT2D eigenvalue weighted by Crippen LogP contribution is 2.29. The van der Waals surface area contributed by atoms with Crippen molar-refractivity contribution in [3.8, 4) is 11.5 Å². The maximum Gasteiger partial charge on any atom is 0.328 e. The van der Waals surface area contributed by atoms with Crippen LogP contribution in [0.4, 0.5) is 0 Å². The molecule has 3 aromatic rings. The van der Waals surface area contributed by atoms with Crippen LogP contribution in [0.15, 0.2) is 41.2 Å². The van der Waals surface area contributed by atoms with E-state index in [4.69, 9.17) is 9.47 Å². The van der Waals surface area contributed by atoms with Crippen LogP contribution >= 0.6 is 12.4 Å². The molecule has 0 unspecified atom stereocenters. The Hall–Kier alpha value is -2.44. The predicted octanol–water partition coefficient (Wildman–Crippen LogP) is 3.38. The number of hydrogen-bond acceptors (Lipinski definition) is 4. The van der Waals surface area contributed by atoms with Crippen LogP contribution in [0.1, 0.15) is 25.0 Å². The minimum Gasteiger partial charge on any atom is -0.493 e. The van der Waals surface area contributed by atoms with Crippen LogP contribution in [0.2, 0.25) is 0 Å². The summed E-state index contributed by atoms with van der Waals surface area (Å²) >= 11 is 0. The van der Waals surface area contributed by atoms with E-state index in [2.05, 4.69) is 19.2 Å². The first-order valence-electron chi connectivity index (χ1n) is 9.08. The summed E-state index contributed by atoms with van der Waals surface area (Å²) in [5.74, 6) is 1.42. The lowest BCUT2D eigenvalue weighted by Crippen LogP contribution is -2.21. The van der Waals surface area contributed by atoms with Crippen molar-refractivity contribution in [2.24, 2.45) is 14.1 Å². The molecule has 0 saturated carbocycles. The Kier molecular flexibility index (Phi) is 7.16. The first kappa shape index (κ1) is 21.9. The van der Waals surface area contributed by atoms with Crippen LogP contribution in [0.25, 0.3) is 11.0 Å². The molecule has 0 saturated heterocycles. The number of ether oxygens (including phenoxy) is 2. The van der Waals surface area contributed by atoms with Crippen LogP contribution in [0, 0.1) is 0 Å². The van der Waals surface area contributed by atoms with Crippen molar-refractivity contribution in [1.82, 2.24) is 14.5 Å². The molecule has 0 aliphatic heterocycles. The lowest BCUT2D eigenvalue weighted by Gasteiger charge is -2.14. The Morgan fingerprint density at radius 3 is 2.32 bits per heavy atom. The van der Waals surface area contributed by atoms with Gasteiger partial charge >= 0.3 is 5.69 Å². The number of hydrogen-bond donors (Lipinski definition) is 1. The molecule has 3 rings (SSSR count). The van der Waals surface area contributed by atoms with E-state index in [1.54, 1.807) is 30.3 Å². The van der Waals surface area contributed by atoms with Gasteiger partial charge in [0.05, 0.1) is 18.1 Å². The summed E-state index contributed by atoms with van der Waals surface area (Å²) in [4.78, 5) is 12.1. The van der Waals surface area contributed by atoms with Gasteiger partial charge in [0.2, 0.25) is 0 Å². The van der Waals surface area contributed by atoms with E-state index in [1.807, 2.05) is 36.4 Å². The Balaban J connectivity index is 0.00000280. The quantitative estimate of drug-likeness (QED) is 0.654. The summed E-state index contributed by atoms with van der Waals surface area (Å²) in [5, 5.41) is 3.39. The molecule has 1 N–H and O–H groups in total. The second-order valence-corrected chi connectivity index (χ2v) is 7.03. The third-order valence-corrected chi connectivity index (χ3v) is 4.67. The Labute approximate surface area is 171 Å². The van der Waals surface area contributed by atoms with Crippen LogP contribution in [-0.4, -0.2) is 22.3 Å². The van der Waals surface area contributed by atoms with Crippen LogP contribution in [0.5, 0.6) is 11.5 Å². The molecule has 2 aromatic carbocycles. The van der Waals surface area contributed by atoms with Gasteiger partial charge in [-0.2, -0.15) is 0 Å². The summed E-state index contributed by atoms with van der Waals surface area (Å²) in [6.45, 7) is 5.42. The van der Waals surface area contributed by atoms with Crippen LogP contribution < -0.4 is 20.5 Å². The predicted molar refractivity (Wildman–Crippen MR) is 115 cm³/mol. The van der Waals surface area contributed by atoms with E-state index in [0.29, 0.717) is 24.1 Å². The highest BCUT2D eigenvalue weighted by molar-refractivity contribution is 5.85. The van der Waals surface area contributed by atoms with Gasteiger partial charge in [-0.25, -0.2) is 4.79 Å². The first-order valence-corrected chi connectivity index (χ1v) is 9.08. The maximum absolute atomic E-state index is 12.1. The lowest BCUT2D eigenvalue weighted by atomic mass is 10.2. The zero-order valence-corrected chi connectivity index (χ0v) is 17.8. The second-order valence-electron chi connectivity index (χ2n) is 7.03. The smallest absolute Gasteiger partial charge is 0.328 e. The molecule has 0 fully saturated rings. The van der Waals surface area contributed by atoms with Gasteiger partial charge in [-0.05, 0) is 35.4 Å². The number of methoxy groups -OCH3 is 1. The van der Waals surface area contributed by atoms with Crippen molar-refractivity contribution in [1.29, 1.82) is 0 Å². The van der Waals surface area contributed by atoms with Crippen molar-refractivity contribution in [2.45, 2.75) is 33.0 Å². The minimum atomic E-state index is -0.0321. The van der Waals surface area contributed by atoms with Gasteiger partial charge < -0.3 is 14.8 Å². The fourth-order valence-corrected chi connectivity index (χ4v) is 3.07. The molecular weight excluding hydrogens is 378 g/mol.